The molecule has 162 valence electrons. The highest BCUT2D eigenvalue weighted by Crippen LogP contribution is 2.39. The molecular formula is C24H37NO4. The molecule has 0 heterocycles. The lowest BCUT2D eigenvalue weighted by Crippen LogP contribution is -2.55. The lowest BCUT2D eigenvalue weighted by Gasteiger charge is -2.39. The molecule has 1 fully saturated rings. The highest BCUT2D eigenvalue weighted by atomic mass is 16.5. The minimum absolute atomic E-state index is 0.0792. The third kappa shape index (κ3) is 5.25. The van der Waals surface area contributed by atoms with Gasteiger partial charge in [-0.1, -0.05) is 26.8 Å². The minimum Gasteiger partial charge on any atom is -0.490 e. The summed E-state index contributed by atoms with van der Waals surface area (Å²) in [4.78, 5) is 11.1. The number of benzene rings is 1. The SMILES string of the molecule is CC(C)(C)C1CCC(Oc2ccc3c(c2)CC[C@@H]([C@](C)(CO)NC(=O)O)C3)CC1. The van der Waals surface area contributed by atoms with Crippen LogP contribution in [0.2, 0.25) is 0 Å². The Kier molecular flexibility index (Phi) is 6.47. The molecule has 0 aromatic heterocycles. The van der Waals surface area contributed by atoms with Crippen molar-refractivity contribution in [2.45, 2.75) is 84.3 Å². The second kappa shape index (κ2) is 8.55. The van der Waals surface area contributed by atoms with Gasteiger partial charge in [0.1, 0.15) is 5.75 Å². The first-order valence-corrected chi connectivity index (χ1v) is 11.0. The number of amides is 1. The van der Waals surface area contributed by atoms with Crippen LogP contribution in [0.5, 0.6) is 5.75 Å². The van der Waals surface area contributed by atoms with Gasteiger partial charge in [0, 0.05) is 0 Å². The van der Waals surface area contributed by atoms with Crippen molar-refractivity contribution in [1.82, 2.24) is 5.32 Å². The Balaban J connectivity index is 1.61. The predicted molar refractivity (Wildman–Crippen MR) is 114 cm³/mol. The topological polar surface area (TPSA) is 78.8 Å². The fourth-order valence-corrected chi connectivity index (χ4v) is 5.10. The number of rotatable bonds is 5. The molecule has 2 aliphatic rings. The van der Waals surface area contributed by atoms with E-state index in [1.165, 1.54) is 24.0 Å². The lowest BCUT2D eigenvalue weighted by atomic mass is 9.72. The van der Waals surface area contributed by atoms with E-state index < -0.39 is 11.6 Å². The maximum absolute atomic E-state index is 11.1. The molecule has 0 saturated heterocycles. The van der Waals surface area contributed by atoms with Crippen molar-refractivity contribution in [3.05, 3.63) is 29.3 Å². The van der Waals surface area contributed by atoms with Crippen LogP contribution in [0.3, 0.4) is 0 Å². The van der Waals surface area contributed by atoms with Crippen LogP contribution in [-0.2, 0) is 12.8 Å². The van der Waals surface area contributed by atoms with E-state index in [1.54, 1.807) is 6.92 Å². The molecule has 29 heavy (non-hydrogen) atoms. The standard InChI is InChI=1S/C24H37NO4/c1-23(2,3)18-8-11-20(12-9-18)29-21-10-6-16-13-19(7-5-17(16)14-21)24(4,15-26)25-22(27)28/h6,10,14,18-20,25-26H,5,7-9,11-13,15H2,1-4H3,(H,27,28)/t18?,19-,20?,24+/m1/s1. The van der Waals surface area contributed by atoms with Gasteiger partial charge >= 0.3 is 6.09 Å². The number of hydrogen-bond acceptors (Lipinski definition) is 3. The van der Waals surface area contributed by atoms with Crippen LogP contribution in [-0.4, -0.2) is 34.6 Å². The van der Waals surface area contributed by atoms with Gasteiger partial charge in [0.05, 0.1) is 18.2 Å². The quantitative estimate of drug-likeness (QED) is 0.660. The fourth-order valence-electron chi connectivity index (χ4n) is 5.10. The molecule has 0 aliphatic heterocycles. The van der Waals surface area contributed by atoms with Crippen LogP contribution >= 0.6 is 0 Å². The Hall–Kier alpha value is -1.75. The number of ether oxygens (including phenoxy) is 1. The maximum atomic E-state index is 11.1. The Labute approximate surface area is 174 Å². The first-order valence-electron chi connectivity index (χ1n) is 11.0. The highest BCUT2D eigenvalue weighted by Gasteiger charge is 2.37. The first-order chi connectivity index (χ1) is 13.6. The van der Waals surface area contributed by atoms with E-state index in [0.717, 1.165) is 43.8 Å². The Morgan fingerprint density at radius 3 is 2.34 bits per heavy atom. The molecule has 1 amide bonds. The molecule has 0 bridgehead atoms. The number of aliphatic hydroxyl groups excluding tert-OH is 1. The van der Waals surface area contributed by atoms with E-state index in [-0.39, 0.29) is 12.5 Å². The summed E-state index contributed by atoms with van der Waals surface area (Å²) < 4.78 is 6.32. The summed E-state index contributed by atoms with van der Waals surface area (Å²) in [7, 11) is 0. The van der Waals surface area contributed by atoms with Crippen LogP contribution in [0.15, 0.2) is 18.2 Å². The molecule has 1 saturated carbocycles. The number of hydrogen-bond donors (Lipinski definition) is 3. The van der Waals surface area contributed by atoms with Crippen molar-refractivity contribution in [2.75, 3.05) is 6.61 Å². The van der Waals surface area contributed by atoms with Crippen LogP contribution in [0, 0.1) is 17.3 Å². The number of aryl methyl sites for hydroxylation is 1. The molecule has 2 atom stereocenters. The van der Waals surface area contributed by atoms with Crippen molar-refractivity contribution >= 4 is 6.09 Å². The molecule has 1 aromatic carbocycles. The van der Waals surface area contributed by atoms with E-state index >= 15 is 0 Å². The number of nitrogens with one attached hydrogen (secondary N) is 1. The minimum atomic E-state index is -1.09. The number of fused-ring (bicyclic) bond motifs is 1. The highest BCUT2D eigenvalue weighted by molar-refractivity contribution is 5.65. The molecule has 0 radical (unpaired) electrons. The second-order valence-corrected chi connectivity index (χ2v) is 10.3. The molecule has 3 N–H and O–H groups in total. The van der Waals surface area contributed by atoms with Crippen LogP contribution in [0.1, 0.15) is 70.9 Å². The summed E-state index contributed by atoms with van der Waals surface area (Å²) in [6.07, 6.45) is 6.43. The van der Waals surface area contributed by atoms with Crippen molar-refractivity contribution in [2.24, 2.45) is 17.3 Å². The average molecular weight is 404 g/mol. The zero-order valence-electron chi connectivity index (χ0n) is 18.3. The number of carboxylic acid groups (broad SMARTS) is 1. The van der Waals surface area contributed by atoms with Gasteiger partial charge in [-0.3, -0.25) is 0 Å². The van der Waals surface area contributed by atoms with Crippen molar-refractivity contribution in [3.8, 4) is 5.75 Å². The fraction of sp³-hybridized carbons (Fsp3) is 0.708. The summed E-state index contributed by atoms with van der Waals surface area (Å²) >= 11 is 0. The average Bonchev–Trinajstić information content (AvgIpc) is 2.66. The Bertz CT molecular complexity index is 718. The monoisotopic (exact) mass is 403 g/mol. The van der Waals surface area contributed by atoms with Gasteiger partial charge in [0.15, 0.2) is 0 Å². The molecule has 2 aliphatic carbocycles. The maximum Gasteiger partial charge on any atom is 0.405 e. The lowest BCUT2D eigenvalue weighted by molar-refractivity contribution is 0.0879. The first kappa shape index (κ1) is 21.9. The van der Waals surface area contributed by atoms with Gasteiger partial charge in [-0.15, -0.1) is 0 Å². The molecule has 5 nitrogen and oxygen atoms in total. The number of aliphatic hydroxyl groups is 1. The smallest absolute Gasteiger partial charge is 0.405 e. The molecule has 0 spiro atoms. The van der Waals surface area contributed by atoms with Gasteiger partial charge < -0.3 is 20.3 Å². The molecule has 0 unspecified atom stereocenters. The van der Waals surface area contributed by atoms with Gasteiger partial charge in [-0.05, 0) is 92.4 Å². The largest absolute Gasteiger partial charge is 0.490 e. The molecule has 5 heteroatoms. The zero-order valence-corrected chi connectivity index (χ0v) is 18.3. The van der Waals surface area contributed by atoms with Gasteiger partial charge in [0.25, 0.3) is 0 Å². The summed E-state index contributed by atoms with van der Waals surface area (Å²) in [5.41, 5.74) is 2.09. The van der Waals surface area contributed by atoms with Crippen LogP contribution < -0.4 is 10.1 Å². The van der Waals surface area contributed by atoms with Gasteiger partial charge in [-0.25, -0.2) is 4.79 Å². The summed E-state index contributed by atoms with van der Waals surface area (Å²) in [6.45, 7) is 8.61. The van der Waals surface area contributed by atoms with Gasteiger partial charge in [0.2, 0.25) is 0 Å². The van der Waals surface area contributed by atoms with E-state index in [4.69, 9.17) is 9.84 Å². The van der Waals surface area contributed by atoms with Crippen molar-refractivity contribution in [1.29, 1.82) is 0 Å². The molecular weight excluding hydrogens is 366 g/mol. The Morgan fingerprint density at radius 1 is 1.07 bits per heavy atom. The predicted octanol–water partition coefficient (Wildman–Crippen LogP) is 4.79. The van der Waals surface area contributed by atoms with E-state index in [2.05, 4.69) is 44.3 Å². The summed E-state index contributed by atoms with van der Waals surface area (Å²) in [5, 5.41) is 21.4. The summed E-state index contributed by atoms with van der Waals surface area (Å²) in [5.74, 6) is 1.81. The van der Waals surface area contributed by atoms with Crippen molar-refractivity contribution in [3.63, 3.8) is 0 Å². The van der Waals surface area contributed by atoms with Crippen LogP contribution in [0.4, 0.5) is 4.79 Å². The number of carbonyl (C=O) groups is 1. The third-order valence-corrected chi connectivity index (χ3v) is 7.23. The van der Waals surface area contributed by atoms with Gasteiger partial charge in [-0.2, -0.15) is 0 Å². The third-order valence-electron chi connectivity index (χ3n) is 7.23. The second-order valence-electron chi connectivity index (χ2n) is 10.3. The normalized spacial score (nSPS) is 26.9. The molecule has 1 aromatic rings. The van der Waals surface area contributed by atoms with E-state index in [1.807, 2.05) is 0 Å². The zero-order chi connectivity index (χ0) is 21.2. The van der Waals surface area contributed by atoms with E-state index in [0.29, 0.717) is 11.5 Å². The van der Waals surface area contributed by atoms with Crippen molar-refractivity contribution < 1.29 is 19.7 Å². The van der Waals surface area contributed by atoms with Crippen LogP contribution in [0.25, 0.3) is 0 Å². The van der Waals surface area contributed by atoms with E-state index in [9.17, 15) is 9.90 Å². The Morgan fingerprint density at radius 2 is 1.76 bits per heavy atom. The summed E-state index contributed by atoms with van der Waals surface area (Å²) in [6, 6.07) is 6.34. The molecule has 3 rings (SSSR count).